The predicted octanol–water partition coefficient (Wildman–Crippen LogP) is 5.51. The minimum Gasteiger partial charge on any atom is -0.496 e. The van der Waals surface area contributed by atoms with Crippen LogP contribution in [0.1, 0.15) is 51.8 Å². The smallest absolute Gasteiger partial charge is 0.338 e. The van der Waals surface area contributed by atoms with Crippen molar-refractivity contribution in [1.82, 2.24) is 4.57 Å². The molecule has 0 unspecified atom stereocenters. The van der Waals surface area contributed by atoms with Gasteiger partial charge in [-0.2, -0.15) is 0 Å². The Hall–Kier alpha value is -2.69. The molecule has 0 amide bonds. The summed E-state index contributed by atoms with van der Waals surface area (Å²) in [6, 6.07) is 10.4. The summed E-state index contributed by atoms with van der Waals surface area (Å²) in [6.07, 6.45) is 1.42. The van der Waals surface area contributed by atoms with Crippen molar-refractivity contribution in [3.63, 3.8) is 0 Å². The van der Waals surface area contributed by atoms with Gasteiger partial charge in [-0.25, -0.2) is 9.79 Å². The largest absolute Gasteiger partial charge is 0.496 e. The number of esters is 1. The van der Waals surface area contributed by atoms with Crippen molar-refractivity contribution in [2.45, 2.75) is 52.9 Å². The van der Waals surface area contributed by atoms with Gasteiger partial charge in [-0.05, 0) is 77.1 Å². The fourth-order valence-corrected chi connectivity index (χ4v) is 6.00. The fraction of sp³-hybridized carbons (Fsp3) is 0.321. The standard InChI is InChI=1S/C28H28Br2N2O5S/c1-14(2)36-21-9-7-18(29)11-17(21)12-23-26(33)32-25(20-13-19(30)8-10-22(20)35-6)24(27(34)37-15(3)4)16(5)31-28(32)38-23/h7-15,25H,1-6H3/b23-12-/t25-/m1/s1. The van der Waals surface area contributed by atoms with E-state index in [4.69, 9.17) is 14.2 Å². The average Bonchev–Trinajstić information content (AvgIpc) is 3.13. The predicted molar refractivity (Wildman–Crippen MR) is 156 cm³/mol. The molecule has 1 aliphatic heterocycles. The number of fused-ring (bicyclic) bond motifs is 1. The van der Waals surface area contributed by atoms with Gasteiger partial charge in [0, 0.05) is 20.1 Å². The number of benzene rings is 2. The van der Waals surface area contributed by atoms with E-state index in [1.54, 1.807) is 44.6 Å². The molecule has 0 spiro atoms. The van der Waals surface area contributed by atoms with Gasteiger partial charge in [0.05, 0.1) is 35.1 Å². The molecule has 200 valence electrons. The summed E-state index contributed by atoms with van der Waals surface area (Å²) in [5.41, 5.74) is 1.90. The second kappa shape index (κ2) is 11.6. The first-order valence-electron chi connectivity index (χ1n) is 12.0. The van der Waals surface area contributed by atoms with Gasteiger partial charge >= 0.3 is 5.97 Å². The number of hydrogen-bond donors (Lipinski definition) is 0. The number of carbonyl (C=O) groups is 1. The number of rotatable bonds is 7. The zero-order valence-electron chi connectivity index (χ0n) is 21.9. The van der Waals surface area contributed by atoms with E-state index < -0.39 is 12.0 Å². The zero-order valence-corrected chi connectivity index (χ0v) is 25.9. The lowest BCUT2D eigenvalue weighted by Gasteiger charge is -2.26. The summed E-state index contributed by atoms with van der Waals surface area (Å²) in [7, 11) is 1.56. The third-order valence-electron chi connectivity index (χ3n) is 5.69. The first-order chi connectivity index (χ1) is 18.0. The number of allylic oxidation sites excluding steroid dienone is 1. The molecule has 38 heavy (non-hydrogen) atoms. The monoisotopic (exact) mass is 662 g/mol. The molecule has 0 aliphatic carbocycles. The molecule has 0 saturated carbocycles. The van der Waals surface area contributed by atoms with Crippen molar-refractivity contribution in [2.24, 2.45) is 4.99 Å². The molecule has 1 atom stereocenters. The highest BCUT2D eigenvalue weighted by Gasteiger charge is 2.35. The molecular weight excluding hydrogens is 636 g/mol. The molecule has 0 bridgehead atoms. The first kappa shape index (κ1) is 28.3. The Morgan fingerprint density at radius 2 is 1.71 bits per heavy atom. The third-order valence-corrected chi connectivity index (χ3v) is 7.66. The van der Waals surface area contributed by atoms with Gasteiger partial charge in [-0.3, -0.25) is 9.36 Å². The Morgan fingerprint density at radius 1 is 1.05 bits per heavy atom. The van der Waals surface area contributed by atoms with Crippen LogP contribution in [0.2, 0.25) is 0 Å². The molecule has 0 fully saturated rings. The van der Waals surface area contributed by atoms with E-state index in [-0.39, 0.29) is 17.8 Å². The number of ether oxygens (including phenoxy) is 3. The maximum Gasteiger partial charge on any atom is 0.338 e. The van der Waals surface area contributed by atoms with E-state index >= 15 is 0 Å². The minimum absolute atomic E-state index is 0.0364. The molecule has 1 aromatic heterocycles. The number of carbonyl (C=O) groups excluding carboxylic acids is 1. The molecule has 1 aliphatic rings. The van der Waals surface area contributed by atoms with E-state index in [1.165, 1.54) is 11.3 Å². The van der Waals surface area contributed by atoms with Crippen molar-refractivity contribution < 1.29 is 19.0 Å². The van der Waals surface area contributed by atoms with Crippen LogP contribution in [-0.4, -0.2) is 29.9 Å². The van der Waals surface area contributed by atoms with Crippen molar-refractivity contribution in [1.29, 1.82) is 0 Å². The van der Waals surface area contributed by atoms with Gasteiger partial charge < -0.3 is 14.2 Å². The van der Waals surface area contributed by atoms with Crippen LogP contribution in [0.3, 0.4) is 0 Å². The van der Waals surface area contributed by atoms with Crippen LogP contribution in [0, 0.1) is 0 Å². The molecule has 3 aromatic rings. The lowest BCUT2D eigenvalue weighted by atomic mass is 9.95. The van der Waals surface area contributed by atoms with Gasteiger partial charge in [0.2, 0.25) is 0 Å². The fourth-order valence-electron chi connectivity index (χ4n) is 4.21. The molecule has 0 saturated heterocycles. The van der Waals surface area contributed by atoms with Crippen molar-refractivity contribution in [3.8, 4) is 11.5 Å². The van der Waals surface area contributed by atoms with E-state index in [1.807, 2.05) is 44.2 Å². The number of thiazole rings is 1. The van der Waals surface area contributed by atoms with Crippen molar-refractivity contribution >= 4 is 55.2 Å². The van der Waals surface area contributed by atoms with E-state index in [2.05, 4.69) is 36.9 Å². The Morgan fingerprint density at radius 3 is 2.34 bits per heavy atom. The highest BCUT2D eigenvalue weighted by molar-refractivity contribution is 9.10. The van der Waals surface area contributed by atoms with Gasteiger partial charge in [0.1, 0.15) is 17.5 Å². The molecular formula is C28H28Br2N2O5S. The summed E-state index contributed by atoms with van der Waals surface area (Å²) in [4.78, 5) is 32.5. The lowest BCUT2D eigenvalue weighted by molar-refractivity contribution is -0.143. The molecule has 2 aromatic carbocycles. The highest BCUT2D eigenvalue weighted by atomic mass is 79.9. The minimum atomic E-state index is -0.791. The number of nitrogens with zero attached hydrogens (tertiary/aromatic N) is 2. The van der Waals surface area contributed by atoms with Crippen LogP contribution in [0.4, 0.5) is 0 Å². The van der Waals surface area contributed by atoms with E-state index in [9.17, 15) is 9.59 Å². The van der Waals surface area contributed by atoms with E-state index in [0.717, 1.165) is 14.5 Å². The first-order valence-corrected chi connectivity index (χ1v) is 14.4. The van der Waals surface area contributed by atoms with Crippen molar-refractivity contribution in [3.05, 3.63) is 87.4 Å². The average molecular weight is 664 g/mol. The van der Waals surface area contributed by atoms with Gasteiger partial charge in [0.15, 0.2) is 4.80 Å². The summed E-state index contributed by atoms with van der Waals surface area (Å²) < 4.78 is 20.9. The SMILES string of the molecule is COc1ccc(Br)cc1[C@@H]1C(C(=O)OC(C)C)=C(C)N=c2s/c(=C\c3cc(Br)ccc3OC(C)C)c(=O)n21. The summed E-state index contributed by atoms with van der Waals surface area (Å²) in [5.74, 6) is 0.677. The van der Waals surface area contributed by atoms with E-state index in [0.29, 0.717) is 37.7 Å². The second-order valence-corrected chi connectivity index (χ2v) is 12.1. The van der Waals surface area contributed by atoms with Crippen LogP contribution in [0.5, 0.6) is 11.5 Å². The molecule has 0 radical (unpaired) electrons. The van der Waals surface area contributed by atoms with Crippen LogP contribution >= 0.6 is 43.2 Å². The number of halogens is 2. The number of methoxy groups -OCH3 is 1. The van der Waals surface area contributed by atoms with Crippen molar-refractivity contribution in [2.75, 3.05) is 7.11 Å². The Bertz CT molecular complexity index is 1600. The summed E-state index contributed by atoms with van der Waals surface area (Å²) >= 11 is 8.30. The quantitative estimate of drug-likeness (QED) is 0.312. The lowest BCUT2D eigenvalue weighted by Crippen LogP contribution is -2.40. The zero-order chi connectivity index (χ0) is 27.7. The van der Waals surface area contributed by atoms with Crippen LogP contribution in [0.15, 0.2) is 66.4 Å². The van der Waals surface area contributed by atoms with Gasteiger partial charge in [-0.15, -0.1) is 0 Å². The molecule has 4 rings (SSSR count). The normalized spacial score (nSPS) is 15.5. The summed E-state index contributed by atoms with van der Waals surface area (Å²) in [5, 5.41) is 0. The van der Waals surface area contributed by atoms with Gasteiger partial charge in [0.25, 0.3) is 5.56 Å². The Labute approximate surface area is 241 Å². The molecule has 0 N–H and O–H groups in total. The summed E-state index contributed by atoms with van der Waals surface area (Å²) in [6.45, 7) is 9.23. The maximum atomic E-state index is 14.0. The van der Waals surface area contributed by atoms with Gasteiger partial charge in [-0.1, -0.05) is 43.2 Å². The van der Waals surface area contributed by atoms with Crippen LogP contribution < -0.4 is 24.4 Å². The third kappa shape index (κ3) is 5.82. The molecule has 7 nitrogen and oxygen atoms in total. The highest BCUT2D eigenvalue weighted by Crippen LogP contribution is 2.37. The molecule has 2 heterocycles. The molecule has 10 heteroatoms. The Balaban J connectivity index is 2.00. The number of hydrogen-bond acceptors (Lipinski definition) is 7. The Kier molecular flexibility index (Phi) is 8.64. The van der Waals surface area contributed by atoms with Crippen LogP contribution in [-0.2, 0) is 9.53 Å². The topological polar surface area (TPSA) is 79.1 Å². The number of aromatic nitrogens is 1. The maximum absolute atomic E-state index is 14.0. The van der Waals surface area contributed by atoms with Crippen LogP contribution in [0.25, 0.3) is 6.08 Å². The second-order valence-electron chi connectivity index (χ2n) is 9.27.